The lowest BCUT2D eigenvalue weighted by atomic mass is 10.2. The summed E-state index contributed by atoms with van der Waals surface area (Å²) in [6.07, 6.45) is 8.63. The van der Waals surface area contributed by atoms with Gasteiger partial charge in [0.2, 0.25) is 0 Å². The monoisotopic (exact) mass is 466 g/mol. The second-order valence-electron chi connectivity index (χ2n) is 8.32. The Labute approximate surface area is 193 Å². The molecule has 2 fully saturated rings. The van der Waals surface area contributed by atoms with Crippen molar-refractivity contribution in [3.05, 3.63) is 49.1 Å². The molecule has 0 amide bonds. The maximum absolute atomic E-state index is 12.0. The molecule has 0 atom stereocenters. The van der Waals surface area contributed by atoms with Crippen LogP contribution < -0.4 is 15.5 Å². The number of piperazine rings is 1. The average molecular weight is 467 g/mol. The quantitative estimate of drug-likeness (QED) is 0.538. The molecule has 1 aliphatic carbocycles. The summed E-state index contributed by atoms with van der Waals surface area (Å²) in [5, 5.41) is 6.13. The first kappa shape index (κ1) is 21.5. The first-order valence-electron chi connectivity index (χ1n) is 10.9. The van der Waals surface area contributed by atoms with E-state index < -0.39 is 9.84 Å². The van der Waals surface area contributed by atoms with E-state index in [1.165, 1.54) is 31.4 Å². The minimum Gasteiger partial charge on any atom is -0.368 e. The molecule has 1 aliphatic heterocycles. The summed E-state index contributed by atoms with van der Waals surface area (Å²) in [6.45, 7) is 4.27. The lowest BCUT2D eigenvalue weighted by Gasteiger charge is -2.36. The summed E-state index contributed by atoms with van der Waals surface area (Å²) in [6, 6.07) is 9.57. The van der Waals surface area contributed by atoms with Crippen LogP contribution in [0.3, 0.4) is 0 Å². The zero-order chi connectivity index (χ0) is 22.8. The van der Waals surface area contributed by atoms with E-state index in [0.29, 0.717) is 17.5 Å². The molecule has 10 nitrogen and oxygen atoms in total. The molecule has 11 heteroatoms. The maximum atomic E-state index is 12.0. The van der Waals surface area contributed by atoms with Crippen molar-refractivity contribution in [3.8, 4) is 0 Å². The molecule has 1 saturated carbocycles. The SMILES string of the molecule is CS(=O)(=O)c1cccnc1Nc1cc(Nc2ccc(N3CCN(C4CC4)CC3)cn2)ncn1. The molecule has 0 unspecified atom stereocenters. The minimum absolute atomic E-state index is 0.105. The van der Waals surface area contributed by atoms with Crippen LogP contribution in [0.15, 0.2) is 53.9 Å². The van der Waals surface area contributed by atoms with Gasteiger partial charge >= 0.3 is 0 Å². The molecule has 0 aromatic carbocycles. The van der Waals surface area contributed by atoms with Crippen molar-refractivity contribution in [1.82, 2.24) is 24.8 Å². The lowest BCUT2D eigenvalue weighted by molar-refractivity contribution is 0.248. The van der Waals surface area contributed by atoms with Gasteiger partial charge in [0, 0.05) is 50.7 Å². The topological polar surface area (TPSA) is 116 Å². The molecule has 0 bridgehead atoms. The predicted octanol–water partition coefficient (Wildman–Crippen LogP) is 2.44. The zero-order valence-corrected chi connectivity index (χ0v) is 19.2. The summed E-state index contributed by atoms with van der Waals surface area (Å²) in [4.78, 5) is 22.1. The summed E-state index contributed by atoms with van der Waals surface area (Å²) in [7, 11) is -3.43. The number of sulfone groups is 1. The summed E-state index contributed by atoms with van der Waals surface area (Å²) in [5.41, 5.74) is 1.12. The van der Waals surface area contributed by atoms with Gasteiger partial charge in [-0.05, 0) is 37.1 Å². The molecule has 0 spiro atoms. The fraction of sp³-hybridized carbons (Fsp3) is 0.364. The van der Waals surface area contributed by atoms with Crippen LogP contribution in [0.1, 0.15) is 12.8 Å². The normalized spacial score (nSPS) is 17.1. The summed E-state index contributed by atoms with van der Waals surface area (Å²) in [5.74, 6) is 1.83. The fourth-order valence-corrected chi connectivity index (χ4v) is 4.74. The van der Waals surface area contributed by atoms with Crippen LogP contribution in [-0.4, -0.2) is 71.7 Å². The number of anilines is 5. The summed E-state index contributed by atoms with van der Waals surface area (Å²) >= 11 is 0. The Kier molecular flexibility index (Phi) is 5.81. The summed E-state index contributed by atoms with van der Waals surface area (Å²) < 4.78 is 24.0. The minimum atomic E-state index is -3.43. The van der Waals surface area contributed by atoms with Gasteiger partial charge in [-0.15, -0.1) is 0 Å². The highest BCUT2D eigenvalue weighted by Crippen LogP contribution is 2.29. The molecule has 2 N–H and O–H groups in total. The van der Waals surface area contributed by atoms with Gasteiger partial charge in [-0.25, -0.2) is 28.4 Å². The van der Waals surface area contributed by atoms with Crippen LogP contribution in [0.5, 0.6) is 0 Å². The third-order valence-electron chi connectivity index (χ3n) is 5.83. The van der Waals surface area contributed by atoms with E-state index in [1.807, 2.05) is 12.3 Å². The lowest BCUT2D eigenvalue weighted by Crippen LogP contribution is -2.47. The van der Waals surface area contributed by atoms with Crippen molar-refractivity contribution in [2.75, 3.05) is 48.0 Å². The van der Waals surface area contributed by atoms with Crippen LogP contribution in [-0.2, 0) is 9.84 Å². The highest BCUT2D eigenvalue weighted by atomic mass is 32.2. The number of pyridine rings is 2. The zero-order valence-electron chi connectivity index (χ0n) is 18.3. The van der Waals surface area contributed by atoms with Gasteiger partial charge in [0.1, 0.15) is 34.5 Å². The molecular weight excluding hydrogens is 440 g/mol. The van der Waals surface area contributed by atoms with E-state index in [-0.39, 0.29) is 10.7 Å². The van der Waals surface area contributed by atoms with Crippen LogP contribution >= 0.6 is 0 Å². The fourth-order valence-electron chi connectivity index (χ4n) is 3.96. The van der Waals surface area contributed by atoms with E-state index in [4.69, 9.17) is 0 Å². The van der Waals surface area contributed by atoms with E-state index in [2.05, 4.69) is 46.4 Å². The Hall–Kier alpha value is -3.31. The van der Waals surface area contributed by atoms with Crippen molar-refractivity contribution < 1.29 is 8.42 Å². The highest BCUT2D eigenvalue weighted by molar-refractivity contribution is 7.90. The van der Waals surface area contributed by atoms with Gasteiger partial charge in [0.05, 0.1) is 11.9 Å². The van der Waals surface area contributed by atoms with Crippen LogP contribution in [0.2, 0.25) is 0 Å². The van der Waals surface area contributed by atoms with E-state index >= 15 is 0 Å². The van der Waals surface area contributed by atoms with Crippen molar-refractivity contribution in [3.63, 3.8) is 0 Å². The standard InChI is InChI=1S/C22H26N8O2S/c1-33(31,32)18-3-2-8-23-22(18)28-21-13-20(25-15-26-21)27-19-7-6-17(14-24-19)30-11-9-29(10-12-30)16-4-5-16/h2-3,6-8,13-16H,4-5,9-12H2,1H3,(H2,23,24,25,26,27,28). The van der Waals surface area contributed by atoms with Gasteiger partial charge < -0.3 is 15.5 Å². The Balaban J connectivity index is 1.24. The van der Waals surface area contributed by atoms with Crippen LogP contribution in [0.4, 0.5) is 29.0 Å². The van der Waals surface area contributed by atoms with Gasteiger partial charge in [0.25, 0.3) is 0 Å². The number of nitrogens with one attached hydrogen (secondary N) is 2. The smallest absolute Gasteiger partial charge is 0.179 e. The van der Waals surface area contributed by atoms with Gasteiger partial charge in [0.15, 0.2) is 9.84 Å². The molecule has 172 valence electrons. The van der Waals surface area contributed by atoms with Gasteiger partial charge in [-0.1, -0.05) is 0 Å². The van der Waals surface area contributed by atoms with E-state index in [0.717, 1.165) is 44.2 Å². The second kappa shape index (κ2) is 8.91. The molecule has 2 aliphatic rings. The molecule has 0 radical (unpaired) electrons. The Morgan fingerprint density at radius 2 is 1.67 bits per heavy atom. The van der Waals surface area contributed by atoms with Crippen LogP contribution in [0.25, 0.3) is 0 Å². The molecule has 4 heterocycles. The van der Waals surface area contributed by atoms with E-state index in [9.17, 15) is 8.42 Å². The number of aromatic nitrogens is 4. The molecule has 5 rings (SSSR count). The van der Waals surface area contributed by atoms with Gasteiger partial charge in [-0.2, -0.15) is 0 Å². The Morgan fingerprint density at radius 1 is 0.909 bits per heavy atom. The van der Waals surface area contributed by atoms with Crippen molar-refractivity contribution in [1.29, 1.82) is 0 Å². The second-order valence-corrected chi connectivity index (χ2v) is 10.3. The third-order valence-corrected chi connectivity index (χ3v) is 6.96. The number of hydrogen-bond acceptors (Lipinski definition) is 10. The first-order valence-corrected chi connectivity index (χ1v) is 12.8. The molecule has 3 aromatic rings. The largest absolute Gasteiger partial charge is 0.368 e. The predicted molar refractivity (Wildman–Crippen MR) is 127 cm³/mol. The van der Waals surface area contributed by atoms with Crippen LogP contribution in [0, 0.1) is 0 Å². The average Bonchev–Trinajstić information content (AvgIpc) is 3.65. The Bertz CT molecular complexity index is 1220. The van der Waals surface area contributed by atoms with E-state index in [1.54, 1.807) is 12.1 Å². The molecule has 1 saturated heterocycles. The van der Waals surface area contributed by atoms with Crippen molar-refractivity contribution in [2.45, 2.75) is 23.8 Å². The third kappa shape index (κ3) is 5.20. The number of hydrogen-bond donors (Lipinski definition) is 2. The molecular formula is C22H26N8O2S. The maximum Gasteiger partial charge on any atom is 0.179 e. The van der Waals surface area contributed by atoms with Crippen molar-refractivity contribution in [2.24, 2.45) is 0 Å². The number of nitrogens with zero attached hydrogens (tertiary/aromatic N) is 6. The highest BCUT2D eigenvalue weighted by Gasteiger charge is 2.31. The number of rotatable bonds is 7. The molecule has 3 aromatic heterocycles. The van der Waals surface area contributed by atoms with Gasteiger partial charge in [-0.3, -0.25) is 4.90 Å². The van der Waals surface area contributed by atoms with Crippen molar-refractivity contribution >= 4 is 38.8 Å². The Morgan fingerprint density at radius 3 is 2.33 bits per heavy atom. The molecule has 33 heavy (non-hydrogen) atoms. The first-order chi connectivity index (χ1) is 16.0.